The van der Waals surface area contributed by atoms with Crippen molar-refractivity contribution in [3.8, 4) is 0 Å². The third-order valence-electron chi connectivity index (χ3n) is 4.14. The van der Waals surface area contributed by atoms with E-state index >= 15 is 0 Å². The maximum Gasteiger partial charge on any atom is 0.433 e. The van der Waals surface area contributed by atoms with E-state index in [0.717, 1.165) is 12.8 Å². The van der Waals surface area contributed by atoms with Gasteiger partial charge in [-0.2, -0.15) is 18.3 Å². The number of ether oxygens (including phenoxy) is 1. The lowest BCUT2D eigenvalue weighted by Crippen LogP contribution is -2.53. The molecule has 106 valence electrons. The lowest BCUT2D eigenvalue weighted by Gasteiger charge is -2.53. The lowest BCUT2D eigenvalue weighted by molar-refractivity contribution is -0.182. The topological polar surface area (TPSA) is 27.1 Å². The highest BCUT2D eigenvalue weighted by molar-refractivity contribution is 5.18. The number of nitrogens with zero attached hydrogens (tertiary/aromatic N) is 2. The third-order valence-corrected chi connectivity index (χ3v) is 4.14. The lowest BCUT2D eigenvalue weighted by atomic mass is 9.64. The van der Waals surface area contributed by atoms with E-state index in [9.17, 15) is 13.2 Å². The Hall–Kier alpha value is -1.04. The first-order chi connectivity index (χ1) is 8.81. The molecule has 2 aliphatic rings. The molecular weight excluding hydrogens is 257 g/mol. The van der Waals surface area contributed by atoms with Crippen molar-refractivity contribution in [1.29, 1.82) is 0 Å². The highest BCUT2D eigenvalue weighted by Crippen LogP contribution is 2.54. The van der Waals surface area contributed by atoms with Crippen molar-refractivity contribution in [3.05, 3.63) is 17.5 Å². The Morgan fingerprint density at radius 2 is 2.00 bits per heavy atom. The molecule has 6 heteroatoms. The second-order valence-electron chi connectivity index (χ2n) is 6.11. The van der Waals surface area contributed by atoms with Gasteiger partial charge < -0.3 is 4.74 Å². The summed E-state index contributed by atoms with van der Waals surface area (Å²) < 4.78 is 45.5. The maximum atomic E-state index is 13.0. The Balaban J connectivity index is 1.87. The van der Waals surface area contributed by atoms with Gasteiger partial charge in [0, 0.05) is 5.41 Å². The van der Waals surface area contributed by atoms with Crippen LogP contribution in [-0.2, 0) is 10.9 Å². The van der Waals surface area contributed by atoms with Crippen LogP contribution >= 0.6 is 0 Å². The number of aromatic nitrogens is 2. The minimum absolute atomic E-state index is 0.00317. The van der Waals surface area contributed by atoms with Gasteiger partial charge in [0.15, 0.2) is 0 Å². The first-order valence-electron chi connectivity index (χ1n) is 6.55. The zero-order valence-electron chi connectivity index (χ0n) is 11.0. The van der Waals surface area contributed by atoms with Gasteiger partial charge in [0.05, 0.1) is 24.9 Å². The van der Waals surface area contributed by atoms with Gasteiger partial charge in [0.25, 0.3) is 0 Å². The van der Waals surface area contributed by atoms with Gasteiger partial charge in [-0.1, -0.05) is 13.8 Å². The van der Waals surface area contributed by atoms with E-state index in [2.05, 4.69) is 5.10 Å². The fourth-order valence-electron chi connectivity index (χ4n) is 2.92. The smallest absolute Gasteiger partial charge is 0.380 e. The standard InChI is InChI=1S/C13H17F3N2O/c1-8(2)10-3-11(13(14,15)16)18(17-10)9-4-12(5-9)6-19-7-12/h3,8-9H,4-7H2,1-2H3. The SMILES string of the molecule is CC(C)c1cc(C(F)(F)F)n(C2CC3(COC3)C2)n1. The van der Waals surface area contributed by atoms with E-state index in [1.165, 1.54) is 10.7 Å². The zero-order chi connectivity index (χ0) is 13.8. The largest absolute Gasteiger partial charge is 0.433 e. The third kappa shape index (κ3) is 2.06. The van der Waals surface area contributed by atoms with E-state index in [4.69, 9.17) is 4.74 Å². The molecule has 19 heavy (non-hydrogen) atoms. The van der Waals surface area contributed by atoms with E-state index in [-0.39, 0.29) is 17.4 Å². The summed E-state index contributed by atoms with van der Waals surface area (Å²) in [6.45, 7) is 5.08. The van der Waals surface area contributed by atoms with Crippen LogP contribution in [0.5, 0.6) is 0 Å². The molecule has 1 aromatic heterocycles. The Morgan fingerprint density at radius 3 is 2.42 bits per heavy atom. The van der Waals surface area contributed by atoms with Crippen molar-refractivity contribution in [2.45, 2.75) is 44.8 Å². The zero-order valence-corrected chi connectivity index (χ0v) is 11.0. The average Bonchev–Trinajstić information content (AvgIpc) is 2.57. The molecule has 3 nitrogen and oxygen atoms in total. The van der Waals surface area contributed by atoms with Crippen LogP contribution in [0.15, 0.2) is 6.07 Å². The molecule has 0 unspecified atom stereocenters. The summed E-state index contributed by atoms with van der Waals surface area (Å²) in [5, 5.41) is 4.18. The van der Waals surface area contributed by atoms with Crippen molar-refractivity contribution < 1.29 is 17.9 Å². The predicted octanol–water partition coefficient (Wildman–Crippen LogP) is 3.38. The van der Waals surface area contributed by atoms with Crippen molar-refractivity contribution in [2.75, 3.05) is 13.2 Å². The van der Waals surface area contributed by atoms with Crippen LogP contribution in [-0.4, -0.2) is 23.0 Å². The predicted molar refractivity (Wildman–Crippen MR) is 62.8 cm³/mol. The second kappa shape index (κ2) is 3.98. The number of hydrogen-bond donors (Lipinski definition) is 0. The maximum absolute atomic E-state index is 13.0. The fraction of sp³-hybridized carbons (Fsp3) is 0.769. The molecule has 1 aromatic rings. The molecule has 1 saturated heterocycles. The molecule has 1 spiro atoms. The van der Waals surface area contributed by atoms with Crippen LogP contribution in [0.2, 0.25) is 0 Å². The molecule has 0 radical (unpaired) electrons. The summed E-state index contributed by atoms with van der Waals surface area (Å²) in [4.78, 5) is 0. The summed E-state index contributed by atoms with van der Waals surface area (Å²) in [6.07, 6.45) is -2.84. The molecule has 3 rings (SSSR count). The van der Waals surface area contributed by atoms with E-state index in [1.807, 2.05) is 13.8 Å². The summed E-state index contributed by atoms with van der Waals surface area (Å²) in [6, 6.07) is 1.06. The molecule has 0 amide bonds. The van der Waals surface area contributed by atoms with Crippen molar-refractivity contribution >= 4 is 0 Å². The van der Waals surface area contributed by atoms with Gasteiger partial charge in [0.1, 0.15) is 5.69 Å². The second-order valence-corrected chi connectivity index (χ2v) is 6.11. The molecule has 1 saturated carbocycles. The fourth-order valence-corrected chi connectivity index (χ4v) is 2.92. The first kappa shape index (κ1) is 13.0. The summed E-state index contributed by atoms with van der Waals surface area (Å²) in [7, 11) is 0. The number of hydrogen-bond acceptors (Lipinski definition) is 2. The average molecular weight is 274 g/mol. The molecular formula is C13H17F3N2O. The molecule has 2 heterocycles. The molecule has 1 aliphatic carbocycles. The van der Waals surface area contributed by atoms with Crippen LogP contribution in [0.3, 0.4) is 0 Å². The summed E-state index contributed by atoms with van der Waals surface area (Å²) in [5.41, 5.74) is 0.0340. The van der Waals surface area contributed by atoms with E-state index in [0.29, 0.717) is 18.9 Å². The van der Waals surface area contributed by atoms with Crippen LogP contribution in [0.1, 0.15) is 50.0 Å². The minimum atomic E-state index is -4.33. The van der Waals surface area contributed by atoms with Crippen LogP contribution in [0.4, 0.5) is 13.2 Å². The highest BCUT2D eigenvalue weighted by Gasteiger charge is 2.52. The minimum Gasteiger partial charge on any atom is -0.380 e. The number of halogens is 3. The molecule has 0 bridgehead atoms. The van der Waals surface area contributed by atoms with Gasteiger partial charge >= 0.3 is 6.18 Å². The van der Waals surface area contributed by atoms with Crippen LogP contribution in [0.25, 0.3) is 0 Å². The normalized spacial score (nSPS) is 22.6. The van der Waals surface area contributed by atoms with Gasteiger partial charge in [-0.05, 0) is 24.8 Å². The Kier molecular flexibility index (Phi) is 2.71. The molecule has 0 atom stereocenters. The van der Waals surface area contributed by atoms with Crippen molar-refractivity contribution in [3.63, 3.8) is 0 Å². The molecule has 2 fully saturated rings. The highest BCUT2D eigenvalue weighted by atomic mass is 19.4. The molecule has 1 aliphatic heterocycles. The molecule has 0 N–H and O–H groups in total. The number of alkyl halides is 3. The van der Waals surface area contributed by atoms with Gasteiger partial charge in [-0.3, -0.25) is 4.68 Å². The first-order valence-corrected chi connectivity index (χ1v) is 6.55. The van der Waals surface area contributed by atoms with Crippen molar-refractivity contribution in [1.82, 2.24) is 9.78 Å². The van der Waals surface area contributed by atoms with E-state index < -0.39 is 11.9 Å². The van der Waals surface area contributed by atoms with Crippen LogP contribution in [0, 0.1) is 5.41 Å². The van der Waals surface area contributed by atoms with Gasteiger partial charge in [-0.15, -0.1) is 0 Å². The van der Waals surface area contributed by atoms with Crippen LogP contribution < -0.4 is 0 Å². The van der Waals surface area contributed by atoms with Crippen molar-refractivity contribution in [2.24, 2.45) is 5.41 Å². The quantitative estimate of drug-likeness (QED) is 0.826. The van der Waals surface area contributed by atoms with Gasteiger partial charge in [0.2, 0.25) is 0 Å². The number of rotatable bonds is 2. The Morgan fingerprint density at radius 1 is 1.37 bits per heavy atom. The summed E-state index contributed by atoms with van der Waals surface area (Å²) in [5.74, 6) is 0.00317. The summed E-state index contributed by atoms with van der Waals surface area (Å²) >= 11 is 0. The van der Waals surface area contributed by atoms with Gasteiger partial charge in [-0.25, -0.2) is 0 Å². The molecule has 0 aromatic carbocycles. The van der Waals surface area contributed by atoms with E-state index in [1.54, 1.807) is 0 Å². The monoisotopic (exact) mass is 274 g/mol. The Labute approximate surface area is 109 Å². The Bertz CT molecular complexity index is 481.